The fourth-order valence-electron chi connectivity index (χ4n) is 11.1. The fourth-order valence-corrected chi connectivity index (χ4v) is 12.3. The van der Waals surface area contributed by atoms with Gasteiger partial charge >= 0.3 is 0 Å². The standard InChI is InChI=1S/C65H39N5S/c1-3-16-40(17-4-1)42-21-15-22-45(36-42)63-66-64(46-31-34-57-53(38-46)49-26-11-13-28-55(49)69(57)47-23-5-2-6-24-47)68-65(67-63)52-33-35-59-60(51-32-30-41-18-9-10-25-48(41)62(51)71-59)61(52)70-56-29-14-12-27-50(56)54-37-43-19-7-8-20-44(43)39-58(54)70/h1-39H. The van der Waals surface area contributed by atoms with Crippen LogP contribution in [0.25, 0.3) is 142 Å². The minimum atomic E-state index is 0.602. The van der Waals surface area contributed by atoms with Crippen LogP contribution in [0.1, 0.15) is 0 Å². The molecular weight excluding hydrogens is 883 g/mol. The SMILES string of the molecule is c1ccc(-c2cccc(-c3nc(-c4ccc5c(c4)c4ccccc4n5-c4ccccc4)nc(-c4ccc5sc6c7ccccc7ccc6c5c4-n4c5ccccc5c5cc6ccccc6cc54)n3)c2)cc1. The highest BCUT2D eigenvalue weighted by atomic mass is 32.1. The molecule has 0 N–H and O–H groups in total. The topological polar surface area (TPSA) is 48.5 Å². The normalized spacial score (nSPS) is 11.9. The van der Waals surface area contributed by atoms with Crippen molar-refractivity contribution in [3.8, 4) is 56.7 Å². The molecule has 0 bridgehead atoms. The summed E-state index contributed by atoms with van der Waals surface area (Å²) in [6.07, 6.45) is 0. The molecule has 0 fully saturated rings. The predicted molar refractivity (Wildman–Crippen MR) is 298 cm³/mol. The highest BCUT2D eigenvalue weighted by molar-refractivity contribution is 7.26. The zero-order valence-electron chi connectivity index (χ0n) is 38.2. The van der Waals surface area contributed by atoms with E-state index in [-0.39, 0.29) is 0 Å². The molecule has 0 saturated carbocycles. The molecular formula is C65H39N5S. The van der Waals surface area contributed by atoms with Crippen molar-refractivity contribution in [2.45, 2.75) is 0 Å². The van der Waals surface area contributed by atoms with Crippen molar-refractivity contribution < 1.29 is 0 Å². The second-order valence-corrected chi connectivity index (χ2v) is 19.4. The van der Waals surface area contributed by atoms with Crippen LogP contribution in [0.4, 0.5) is 0 Å². The third kappa shape index (κ3) is 6.22. The van der Waals surface area contributed by atoms with Gasteiger partial charge in [0, 0.05) is 64.1 Å². The summed E-state index contributed by atoms with van der Waals surface area (Å²) in [5, 5.41) is 11.9. The van der Waals surface area contributed by atoms with Crippen molar-refractivity contribution in [1.29, 1.82) is 0 Å². The smallest absolute Gasteiger partial charge is 0.166 e. The maximum atomic E-state index is 5.59. The number of rotatable bonds is 6. The van der Waals surface area contributed by atoms with E-state index in [0.29, 0.717) is 17.5 Å². The molecule has 0 aliphatic carbocycles. The lowest BCUT2D eigenvalue weighted by Gasteiger charge is -2.17. The van der Waals surface area contributed by atoms with Crippen molar-refractivity contribution in [3.05, 3.63) is 237 Å². The van der Waals surface area contributed by atoms with E-state index in [1.54, 1.807) is 0 Å². The van der Waals surface area contributed by atoms with Crippen molar-refractivity contribution in [1.82, 2.24) is 24.1 Å². The van der Waals surface area contributed by atoms with E-state index >= 15 is 0 Å². The Bertz CT molecular complexity index is 4640. The molecule has 15 aromatic rings. The molecule has 0 spiro atoms. The van der Waals surface area contributed by atoms with E-state index in [4.69, 9.17) is 15.0 Å². The molecule has 0 unspecified atom stereocenters. The first kappa shape index (κ1) is 39.7. The number of nitrogens with zero attached hydrogens (tertiary/aromatic N) is 5. The number of para-hydroxylation sites is 3. The van der Waals surface area contributed by atoms with Gasteiger partial charge in [-0.05, 0) is 105 Å². The van der Waals surface area contributed by atoms with Gasteiger partial charge in [-0.25, -0.2) is 15.0 Å². The predicted octanol–water partition coefficient (Wildman–Crippen LogP) is 17.4. The molecule has 0 amide bonds. The first-order chi connectivity index (χ1) is 35.2. The third-order valence-corrected chi connectivity index (χ3v) is 15.5. The summed E-state index contributed by atoms with van der Waals surface area (Å²) in [6.45, 7) is 0. The van der Waals surface area contributed by atoms with Gasteiger partial charge in [0.15, 0.2) is 17.5 Å². The van der Waals surface area contributed by atoms with Crippen LogP contribution in [-0.2, 0) is 0 Å². The highest BCUT2D eigenvalue weighted by Gasteiger charge is 2.25. The van der Waals surface area contributed by atoms with Crippen LogP contribution >= 0.6 is 11.3 Å². The number of aromatic nitrogens is 5. The van der Waals surface area contributed by atoms with Crippen LogP contribution in [0.2, 0.25) is 0 Å². The largest absolute Gasteiger partial charge is 0.309 e. The minimum absolute atomic E-state index is 0.602. The van der Waals surface area contributed by atoms with Gasteiger partial charge in [-0.15, -0.1) is 11.3 Å². The second kappa shape index (κ2) is 15.7. The Kier molecular flexibility index (Phi) is 8.76. The first-order valence-electron chi connectivity index (χ1n) is 24.0. The summed E-state index contributed by atoms with van der Waals surface area (Å²) in [6, 6.07) is 85.0. The Morgan fingerprint density at radius 1 is 0.310 bits per heavy atom. The Hall–Kier alpha value is -9.23. The van der Waals surface area contributed by atoms with Crippen LogP contribution in [0.15, 0.2) is 237 Å². The van der Waals surface area contributed by atoms with Gasteiger partial charge in [0.25, 0.3) is 0 Å². The Labute approximate surface area is 411 Å². The van der Waals surface area contributed by atoms with Crippen molar-refractivity contribution in [2.24, 2.45) is 0 Å². The van der Waals surface area contributed by atoms with Crippen LogP contribution in [0, 0.1) is 0 Å². The average Bonchev–Trinajstić information content (AvgIpc) is 4.10. The van der Waals surface area contributed by atoms with Crippen LogP contribution < -0.4 is 0 Å². The zero-order valence-corrected chi connectivity index (χ0v) is 39.0. The van der Waals surface area contributed by atoms with Gasteiger partial charge in [-0.3, -0.25) is 0 Å². The molecule has 4 aromatic heterocycles. The summed E-state index contributed by atoms with van der Waals surface area (Å²) in [4.78, 5) is 16.6. The number of benzene rings is 11. The van der Waals surface area contributed by atoms with Gasteiger partial charge in [-0.2, -0.15) is 0 Å². The number of fused-ring (bicyclic) bond motifs is 12. The molecule has 4 heterocycles. The van der Waals surface area contributed by atoms with E-state index in [9.17, 15) is 0 Å². The second-order valence-electron chi connectivity index (χ2n) is 18.3. The van der Waals surface area contributed by atoms with E-state index in [1.165, 1.54) is 57.9 Å². The summed E-state index contributed by atoms with van der Waals surface area (Å²) < 4.78 is 7.30. The van der Waals surface area contributed by atoms with Gasteiger partial charge in [0.1, 0.15) is 0 Å². The van der Waals surface area contributed by atoms with E-state index < -0.39 is 0 Å². The fraction of sp³-hybridized carbons (Fsp3) is 0. The zero-order chi connectivity index (χ0) is 46.6. The summed E-state index contributed by atoms with van der Waals surface area (Å²) in [5.74, 6) is 1.81. The highest BCUT2D eigenvalue weighted by Crippen LogP contribution is 2.47. The molecule has 5 nitrogen and oxygen atoms in total. The molecule has 0 radical (unpaired) electrons. The Morgan fingerprint density at radius 2 is 0.887 bits per heavy atom. The number of thiophene rings is 1. The summed E-state index contributed by atoms with van der Waals surface area (Å²) in [7, 11) is 0. The molecule has 71 heavy (non-hydrogen) atoms. The molecule has 11 aromatic carbocycles. The van der Waals surface area contributed by atoms with Crippen LogP contribution in [-0.4, -0.2) is 24.1 Å². The van der Waals surface area contributed by atoms with Gasteiger partial charge in [-0.1, -0.05) is 164 Å². The average molecular weight is 922 g/mol. The van der Waals surface area contributed by atoms with Gasteiger partial charge < -0.3 is 9.13 Å². The summed E-state index contributed by atoms with van der Waals surface area (Å²) >= 11 is 1.85. The van der Waals surface area contributed by atoms with E-state index in [1.807, 2.05) is 11.3 Å². The van der Waals surface area contributed by atoms with Crippen molar-refractivity contribution >= 4 is 96.7 Å². The quantitative estimate of drug-likeness (QED) is 0.167. The lowest BCUT2D eigenvalue weighted by Crippen LogP contribution is -2.04. The van der Waals surface area contributed by atoms with E-state index in [2.05, 4.69) is 246 Å². The monoisotopic (exact) mass is 921 g/mol. The molecule has 0 aliphatic rings. The number of hydrogen-bond acceptors (Lipinski definition) is 4. The summed E-state index contributed by atoms with van der Waals surface area (Å²) in [5.41, 5.74) is 11.7. The molecule has 0 saturated heterocycles. The third-order valence-electron chi connectivity index (χ3n) is 14.3. The minimum Gasteiger partial charge on any atom is -0.309 e. The van der Waals surface area contributed by atoms with E-state index in [0.717, 1.165) is 66.6 Å². The van der Waals surface area contributed by atoms with Gasteiger partial charge in [0.05, 0.1) is 27.8 Å². The maximum Gasteiger partial charge on any atom is 0.166 e. The molecule has 15 rings (SSSR count). The molecule has 0 atom stereocenters. The maximum absolute atomic E-state index is 5.59. The molecule has 6 heteroatoms. The van der Waals surface area contributed by atoms with Crippen LogP contribution in [0.3, 0.4) is 0 Å². The number of hydrogen-bond donors (Lipinski definition) is 0. The molecule has 0 aliphatic heterocycles. The molecule has 330 valence electrons. The van der Waals surface area contributed by atoms with Crippen molar-refractivity contribution in [3.63, 3.8) is 0 Å². The van der Waals surface area contributed by atoms with Crippen molar-refractivity contribution in [2.75, 3.05) is 0 Å². The lowest BCUT2D eigenvalue weighted by atomic mass is 10.0. The Morgan fingerprint density at radius 3 is 1.66 bits per heavy atom. The van der Waals surface area contributed by atoms with Gasteiger partial charge in [0.2, 0.25) is 0 Å². The first-order valence-corrected chi connectivity index (χ1v) is 24.8. The Balaban J connectivity index is 1.05. The van der Waals surface area contributed by atoms with Crippen LogP contribution in [0.5, 0.6) is 0 Å². The lowest BCUT2D eigenvalue weighted by molar-refractivity contribution is 1.07.